The number of hydrogen-bond acceptors (Lipinski definition) is 4. The van der Waals surface area contributed by atoms with Crippen LogP contribution in [0.5, 0.6) is 0 Å². The van der Waals surface area contributed by atoms with Crippen molar-refractivity contribution in [2.24, 2.45) is 15.7 Å². The lowest BCUT2D eigenvalue weighted by Gasteiger charge is -2.05. The number of allylic oxidation sites excluding steroid dienone is 1. The van der Waals surface area contributed by atoms with E-state index in [9.17, 15) is 9.59 Å². The van der Waals surface area contributed by atoms with Crippen molar-refractivity contribution in [2.75, 3.05) is 6.54 Å². The molecular formula is C14H14N4O2. The number of rotatable bonds is 3. The summed E-state index contributed by atoms with van der Waals surface area (Å²) in [6, 6.07) is 8.79. The van der Waals surface area contributed by atoms with E-state index in [2.05, 4.69) is 15.3 Å². The topological polar surface area (TPSA) is 96.9 Å². The number of aliphatic imine (C=N–C) groups is 2. The Morgan fingerprint density at radius 2 is 2.00 bits per heavy atom. The van der Waals surface area contributed by atoms with E-state index in [1.807, 2.05) is 6.07 Å². The number of amidine groups is 1. The third-order valence-corrected chi connectivity index (χ3v) is 2.69. The van der Waals surface area contributed by atoms with E-state index in [4.69, 9.17) is 5.73 Å². The fourth-order valence-corrected chi connectivity index (χ4v) is 1.72. The number of carbonyl (C=O) groups excluding carboxylic acids is 2. The summed E-state index contributed by atoms with van der Waals surface area (Å²) in [6.45, 7) is 1.87. The number of nitrogens with one attached hydrogen (secondary N) is 1. The first-order valence-electron chi connectivity index (χ1n) is 6.02. The molecule has 3 N–H and O–H groups in total. The van der Waals surface area contributed by atoms with Gasteiger partial charge in [0.1, 0.15) is 5.84 Å². The summed E-state index contributed by atoms with van der Waals surface area (Å²) >= 11 is 0. The molecule has 6 heteroatoms. The molecule has 0 spiro atoms. The van der Waals surface area contributed by atoms with Crippen LogP contribution in [0.4, 0.5) is 0 Å². The molecule has 1 aliphatic rings. The van der Waals surface area contributed by atoms with E-state index in [0.717, 1.165) is 0 Å². The molecule has 1 aromatic carbocycles. The lowest BCUT2D eigenvalue weighted by atomic mass is 10.2. The van der Waals surface area contributed by atoms with Crippen molar-refractivity contribution in [1.29, 1.82) is 0 Å². The highest BCUT2D eigenvalue weighted by Gasteiger charge is 2.15. The molecule has 102 valence electrons. The molecule has 20 heavy (non-hydrogen) atoms. The third kappa shape index (κ3) is 3.17. The minimum Gasteiger partial charge on any atom is -0.366 e. The first-order valence-corrected chi connectivity index (χ1v) is 6.02. The third-order valence-electron chi connectivity index (χ3n) is 2.69. The van der Waals surface area contributed by atoms with Gasteiger partial charge in [-0.3, -0.25) is 14.6 Å². The van der Waals surface area contributed by atoms with Crippen LogP contribution in [0.2, 0.25) is 0 Å². The van der Waals surface area contributed by atoms with Gasteiger partial charge in [-0.15, -0.1) is 0 Å². The van der Waals surface area contributed by atoms with Crippen molar-refractivity contribution >= 4 is 23.9 Å². The number of nitrogens with zero attached hydrogens (tertiary/aromatic N) is 2. The van der Waals surface area contributed by atoms with Crippen LogP contribution in [0, 0.1) is 0 Å². The lowest BCUT2D eigenvalue weighted by molar-refractivity contribution is -0.114. The molecule has 0 saturated heterocycles. The second-order valence-electron chi connectivity index (χ2n) is 4.22. The molecule has 6 nitrogen and oxygen atoms in total. The van der Waals surface area contributed by atoms with Gasteiger partial charge in [-0.25, -0.2) is 4.99 Å². The van der Waals surface area contributed by atoms with Crippen LogP contribution >= 0.6 is 0 Å². The van der Waals surface area contributed by atoms with Crippen molar-refractivity contribution in [2.45, 2.75) is 6.92 Å². The van der Waals surface area contributed by atoms with E-state index in [1.165, 1.54) is 6.21 Å². The largest absolute Gasteiger partial charge is 0.366 e. The molecule has 0 atom stereocenters. The molecule has 0 aromatic heterocycles. The van der Waals surface area contributed by atoms with Crippen molar-refractivity contribution in [3.63, 3.8) is 0 Å². The van der Waals surface area contributed by atoms with Gasteiger partial charge in [-0.2, -0.15) is 0 Å². The maximum absolute atomic E-state index is 11.9. The number of hydrogen-bond donors (Lipinski definition) is 2. The van der Waals surface area contributed by atoms with E-state index < -0.39 is 5.91 Å². The molecule has 0 aliphatic carbocycles. The predicted octanol–water partition coefficient (Wildman–Crippen LogP) is 0.659. The molecule has 1 aromatic rings. The average molecular weight is 270 g/mol. The number of benzene rings is 1. The quantitative estimate of drug-likeness (QED) is 0.623. The second kappa shape index (κ2) is 5.92. The Morgan fingerprint density at radius 3 is 2.65 bits per heavy atom. The Morgan fingerprint density at radius 1 is 1.30 bits per heavy atom. The van der Waals surface area contributed by atoms with Gasteiger partial charge in [-0.05, 0) is 19.1 Å². The Kier molecular flexibility index (Phi) is 4.05. The molecule has 0 radical (unpaired) electrons. The van der Waals surface area contributed by atoms with Gasteiger partial charge in [0, 0.05) is 11.8 Å². The maximum atomic E-state index is 11.9. The highest BCUT2D eigenvalue weighted by molar-refractivity contribution is 6.08. The van der Waals surface area contributed by atoms with Crippen molar-refractivity contribution in [3.8, 4) is 0 Å². The predicted molar refractivity (Wildman–Crippen MR) is 76.6 cm³/mol. The van der Waals surface area contributed by atoms with Crippen LogP contribution in [0.15, 0.2) is 51.6 Å². The number of nitrogens with two attached hydrogens (primary N) is 1. The number of amides is 2. The Hall–Kier alpha value is -2.76. The lowest BCUT2D eigenvalue weighted by Crippen LogP contribution is -2.28. The standard InChI is InChI=1S/C14H14N4O2/c1-9(17-12-8-16-7-11(12)13(15)19)18-14(20)10-5-3-2-4-6-10/h2-6,8H,7H2,1H3,(H2,15,19)(H,17,18,20). The molecule has 1 aliphatic heterocycles. The van der Waals surface area contributed by atoms with Crippen molar-refractivity contribution in [1.82, 2.24) is 5.32 Å². The molecule has 2 amide bonds. The maximum Gasteiger partial charge on any atom is 0.256 e. The first kappa shape index (κ1) is 13.7. The average Bonchev–Trinajstić information content (AvgIpc) is 2.87. The summed E-state index contributed by atoms with van der Waals surface area (Å²) < 4.78 is 0. The van der Waals surface area contributed by atoms with Gasteiger partial charge >= 0.3 is 0 Å². The molecule has 0 fully saturated rings. The highest BCUT2D eigenvalue weighted by Crippen LogP contribution is 2.11. The summed E-state index contributed by atoms with van der Waals surface area (Å²) in [5.74, 6) is -0.438. The summed E-state index contributed by atoms with van der Waals surface area (Å²) in [4.78, 5) is 31.2. The molecule has 0 bridgehead atoms. The van der Waals surface area contributed by atoms with Crippen molar-refractivity contribution in [3.05, 3.63) is 47.2 Å². The van der Waals surface area contributed by atoms with Crippen LogP contribution in [0.1, 0.15) is 17.3 Å². The molecule has 0 saturated carbocycles. The Bertz CT molecular complexity index is 630. The normalized spacial score (nSPS) is 14.6. The summed E-state index contributed by atoms with van der Waals surface area (Å²) in [7, 11) is 0. The van der Waals surface area contributed by atoms with Crippen LogP contribution in [0.25, 0.3) is 0 Å². The fraction of sp³-hybridized carbons (Fsp3) is 0.143. The van der Waals surface area contributed by atoms with Crippen molar-refractivity contribution < 1.29 is 9.59 Å². The monoisotopic (exact) mass is 270 g/mol. The smallest absolute Gasteiger partial charge is 0.256 e. The van der Waals surface area contributed by atoms with Gasteiger partial charge in [0.05, 0.1) is 17.8 Å². The minimum absolute atomic E-state index is 0.230. The zero-order valence-corrected chi connectivity index (χ0v) is 11.0. The van der Waals surface area contributed by atoms with Gasteiger partial charge in [0.2, 0.25) is 5.91 Å². The SMILES string of the molecule is CC(=NC1=C(C(N)=O)CN=C1)NC(=O)c1ccccc1. The molecule has 0 unspecified atom stereocenters. The van der Waals surface area contributed by atoms with Crippen LogP contribution in [-0.2, 0) is 4.79 Å². The van der Waals surface area contributed by atoms with E-state index in [1.54, 1.807) is 31.2 Å². The van der Waals surface area contributed by atoms with Crippen LogP contribution in [0.3, 0.4) is 0 Å². The van der Waals surface area contributed by atoms with Gasteiger partial charge in [0.25, 0.3) is 5.91 Å². The van der Waals surface area contributed by atoms with Gasteiger partial charge in [-0.1, -0.05) is 18.2 Å². The van der Waals surface area contributed by atoms with E-state index in [0.29, 0.717) is 22.7 Å². The van der Waals surface area contributed by atoms with Gasteiger partial charge in [0.15, 0.2) is 0 Å². The molecule has 2 rings (SSSR count). The molecule has 1 heterocycles. The zero-order chi connectivity index (χ0) is 14.5. The number of primary amides is 1. The fourth-order valence-electron chi connectivity index (χ4n) is 1.72. The summed E-state index contributed by atoms with van der Waals surface area (Å²) in [5, 5.41) is 2.65. The van der Waals surface area contributed by atoms with E-state index >= 15 is 0 Å². The highest BCUT2D eigenvalue weighted by atomic mass is 16.2. The molecular weight excluding hydrogens is 256 g/mol. The zero-order valence-electron chi connectivity index (χ0n) is 11.0. The van der Waals surface area contributed by atoms with Crippen LogP contribution in [-0.4, -0.2) is 30.4 Å². The van der Waals surface area contributed by atoms with E-state index in [-0.39, 0.29) is 12.5 Å². The van der Waals surface area contributed by atoms with Gasteiger partial charge < -0.3 is 11.1 Å². The summed E-state index contributed by atoms with van der Waals surface area (Å²) in [5.41, 5.74) is 6.49. The van der Waals surface area contributed by atoms with Crippen LogP contribution < -0.4 is 11.1 Å². The number of carbonyl (C=O) groups is 2. The second-order valence-corrected chi connectivity index (χ2v) is 4.22. The minimum atomic E-state index is -0.552. The first-order chi connectivity index (χ1) is 9.58. The summed E-state index contributed by atoms with van der Waals surface area (Å²) in [6.07, 6.45) is 1.47. The Balaban J connectivity index is 2.12. The Labute approximate surface area is 116 Å².